The average molecular weight is 210 g/mol. The van der Waals surface area contributed by atoms with E-state index in [2.05, 4.69) is 10.3 Å². The number of hydrogen-bond acceptors (Lipinski definition) is 4. The van der Waals surface area contributed by atoms with Crippen LogP contribution in [0.4, 0.5) is 13.2 Å². The predicted molar refractivity (Wildman–Crippen MR) is 41.8 cm³/mol. The summed E-state index contributed by atoms with van der Waals surface area (Å²) in [5.74, 6) is -1.11. The molecule has 1 rings (SSSR count). The maximum Gasteiger partial charge on any atom is 0.433 e. The Balaban J connectivity index is 2.92. The molecule has 0 spiro atoms. The van der Waals surface area contributed by atoms with Gasteiger partial charge in [0.2, 0.25) is 0 Å². The van der Waals surface area contributed by atoms with Gasteiger partial charge in [-0.05, 0) is 19.3 Å². The van der Waals surface area contributed by atoms with Gasteiger partial charge in [0.25, 0.3) is 0 Å². The maximum atomic E-state index is 12.3. The topological polar surface area (TPSA) is 65.2 Å². The number of hydrogen-bond donors (Lipinski definition) is 2. The van der Waals surface area contributed by atoms with Crippen molar-refractivity contribution in [1.29, 1.82) is 0 Å². The van der Waals surface area contributed by atoms with Crippen molar-refractivity contribution >= 4 is 11.4 Å². The van der Waals surface area contributed by atoms with Crippen molar-refractivity contribution in [2.24, 2.45) is 16.2 Å². The molecule has 0 amide bonds. The van der Waals surface area contributed by atoms with Gasteiger partial charge in [-0.25, -0.2) is 0 Å². The second-order valence-corrected chi connectivity index (χ2v) is 3.02. The van der Waals surface area contributed by atoms with Crippen molar-refractivity contribution in [3.8, 4) is 0 Å². The monoisotopic (exact) mass is 210 g/mol. The normalized spacial score (nSPS) is 27.2. The fourth-order valence-electron chi connectivity index (χ4n) is 1.57. The summed E-state index contributed by atoms with van der Waals surface area (Å²) in [7, 11) is 0. The summed E-state index contributed by atoms with van der Waals surface area (Å²) >= 11 is 0. The van der Waals surface area contributed by atoms with E-state index >= 15 is 0 Å². The summed E-state index contributed by atoms with van der Waals surface area (Å²) in [6.07, 6.45) is -3.69. The van der Waals surface area contributed by atoms with Gasteiger partial charge in [-0.15, -0.1) is 0 Å². The van der Waals surface area contributed by atoms with Crippen LogP contribution in [-0.4, -0.2) is 28.0 Å². The van der Waals surface area contributed by atoms with Gasteiger partial charge in [0.05, 0.1) is 11.6 Å². The standard InChI is InChI=1S/C7H9F3N2O2/c8-7(9,10)6(12-14)4-2-1-3-5(4)11-13/h4,13-14H,1-3H2/b11-5+,12-6+. The molecule has 0 aromatic heterocycles. The number of halogens is 3. The van der Waals surface area contributed by atoms with Crippen LogP contribution in [-0.2, 0) is 0 Å². The van der Waals surface area contributed by atoms with E-state index in [1.165, 1.54) is 0 Å². The van der Waals surface area contributed by atoms with E-state index in [0.29, 0.717) is 12.8 Å². The van der Waals surface area contributed by atoms with Crippen molar-refractivity contribution in [2.75, 3.05) is 0 Å². The first-order valence-electron chi connectivity index (χ1n) is 4.00. The molecule has 1 fully saturated rings. The van der Waals surface area contributed by atoms with Crippen LogP contribution in [0.15, 0.2) is 10.3 Å². The van der Waals surface area contributed by atoms with Crippen LogP contribution in [0, 0.1) is 5.92 Å². The SMILES string of the molecule is O/N=C1\CCCC1/C(=N\O)C(F)(F)F. The first kappa shape index (κ1) is 10.8. The van der Waals surface area contributed by atoms with E-state index in [9.17, 15) is 13.2 Å². The molecule has 0 aliphatic heterocycles. The van der Waals surface area contributed by atoms with Crippen molar-refractivity contribution in [2.45, 2.75) is 25.4 Å². The Kier molecular flexibility index (Phi) is 2.97. The highest BCUT2D eigenvalue weighted by Crippen LogP contribution is 2.31. The minimum Gasteiger partial charge on any atom is -0.411 e. The fraction of sp³-hybridized carbons (Fsp3) is 0.714. The molecule has 0 saturated heterocycles. The molecule has 4 nitrogen and oxygen atoms in total. The molecule has 0 aromatic carbocycles. The second-order valence-electron chi connectivity index (χ2n) is 3.02. The van der Waals surface area contributed by atoms with Gasteiger partial charge in [-0.2, -0.15) is 13.2 Å². The van der Waals surface area contributed by atoms with Gasteiger partial charge in [0.1, 0.15) is 0 Å². The van der Waals surface area contributed by atoms with Crippen LogP contribution in [0.2, 0.25) is 0 Å². The zero-order chi connectivity index (χ0) is 10.8. The summed E-state index contributed by atoms with van der Waals surface area (Å²) < 4.78 is 36.8. The minimum atomic E-state index is -4.68. The van der Waals surface area contributed by atoms with Crippen LogP contribution < -0.4 is 0 Å². The molecule has 0 radical (unpaired) electrons. The highest BCUT2D eigenvalue weighted by atomic mass is 19.4. The van der Waals surface area contributed by atoms with E-state index in [4.69, 9.17) is 10.4 Å². The molecule has 7 heteroatoms. The molecular formula is C7H9F3N2O2. The molecule has 1 saturated carbocycles. The Morgan fingerprint density at radius 2 is 2.00 bits per heavy atom. The maximum absolute atomic E-state index is 12.3. The van der Waals surface area contributed by atoms with E-state index in [1.807, 2.05) is 0 Å². The van der Waals surface area contributed by atoms with Crippen LogP contribution in [0.5, 0.6) is 0 Å². The van der Waals surface area contributed by atoms with Crippen LogP contribution in [0.25, 0.3) is 0 Å². The van der Waals surface area contributed by atoms with Gasteiger partial charge in [-0.3, -0.25) is 0 Å². The van der Waals surface area contributed by atoms with Gasteiger partial charge >= 0.3 is 6.18 Å². The van der Waals surface area contributed by atoms with Crippen molar-refractivity contribution in [3.63, 3.8) is 0 Å². The van der Waals surface area contributed by atoms with Crippen LogP contribution >= 0.6 is 0 Å². The zero-order valence-electron chi connectivity index (χ0n) is 7.12. The van der Waals surface area contributed by atoms with Crippen LogP contribution in [0.1, 0.15) is 19.3 Å². The fourth-order valence-corrected chi connectivity index (χ4v) is 1.57. The number of nitrogens with zero attached hydrogens (tertiary/aromatic N) is 2. The van der Waals surface area contributed by atoms with Gasteiger partial charge in [-0.1, -0.05) is 10.3 Å². The summed E-state index contributed by atoms with van der Waals surface area (Å²) in [6.45, 7) is 0. The summed E-state index contributed by atoms with van der Waals surface area (Å²) in [5, 5.41) is 21.7. The van der Waals surface area contributed by atoms with Crippen molar-refractivity contribution in [1.82, 2.24) is 0 Å². The average Bonchev–Trinajstić information content (AvgIpc) is 2.51. The lowest BCUT2D eigenvalue weighted by molar-refractivity contribution is -0.0639. The lowest BCUT2D eigenvalue weighted by atomic mass is 10.00. The quantitative estimate of drug-likeness (QED) is 0.395. The number of oxime groups is 2. The van der Waals surface area contributed by atoms with E-state index in [0.717, 1.165) is 0 Å². The van der Waals surface area contributed by atoms with Crippen LogP contribution in [0.3, 0.4) is 0 Å². The van der Waals surface area contributed by atoms with Gasteiger partial charge < -0.3 is 10.4 Å². The highest BCUT2D eigenvalue weighted by Gasteiger charge is 2.45. The zero-order valence-corrected chi connectivity index (χ0v) is 7.12. The first-order chi connectivity index (χ1) is 6.50. The molecule has 14 heavy (non-hydrogen) atoms. The lowest BCUT2D eigenvalue weighted by Crippen LogP contribution is -2.33. The molecule has 0 heterocycles. The third-order valence-corrected chi connectivity index (χ3v) is 2.18. The molecule has 1 aliphatic rings. The molecule has 0 bridgehead atoms. The number of alkyl halides is 3. The van der Waals surface area contributed by atoms with Crippen molar-refractivity contribution < 1.29 is 23.6 Å². The molecular weight excluding hydrogens is 201 g/mol. The second kappa shape index (κ2) is 3.85. The largest absolute Gasteiger partial charge is 0.433 e. The molecule has 80 valence electrons. The van der Waals surface area contributed by atoms with E-state index in [-0.39, 0.29) is 12.1 Å². The molecule has 1 unspecified atom stereocenters. The summed E-state index contributed by atoms with van der Waals surface area (Å²) in [4.78, 5) is 0. The lowest BCUT2D eigenvalue weighted by Gasteiger charge is -2.14. The third kappa shape index (κ3) is 1.97. The molecule has 1 atom stereocenters. The van der Waals surface area contributed by atoms with Crippen molar-refractivity contribution in [3.05, 3.63) is 0 Å². The van der Waals surface area contributed by atoms with Gasteiger partial charge in [0.15, 0.2) is 5.71 Å². The minimum absolute atomic E-state index is 0.0233. The first-order valence-corrected chi connectivity index (χ1v) is 4.00. The Bertz CT molecular complexity index is 273. The molecule has 0 aromatic rings. The predicted octanol–water partition coefficient (Wildman–Crippen LogP) is 2.01. The number of rotatable bonds is 1. The summed E-state index contributed by atoms with van der Waals surface area (Å²) in [6, 6.07) is 0. The highest BCUT2D eigenvalue weighted by molar-refractivity contribution is 6.10. The Morgan fingerprint density at radius 3 is 2.43 bits per heavy atom. The smallest absolute Gasteiger partial charge is 0.411 e. The Labute approximate surface area is 77.7 Å². The summed E-state index contributed by atoms with van der Waals surface area (Å²) in [5.41, 5.74) is -1.27. The molecule has 1 aliphatic carbocycles. The third-order valence-electron chi connectivity index (χ3n) is 2.18. The van der Waals surface area contributed by atoms with E-state index in [1.54, 1.807) is 0 Å². The van der Waals surface area contributed by atoms with Gasteiger partial charge in [0, 0.05) is 0 Å². The molecule has 2 N–H and O–H groups in total. The Hall–Kier alpha value is -1.27. The Morgan fingerprint density at radius 1 is 1.36 bits per heavy atom. The van der Waals surface area contributed by atoms with E-state index < -0.39 is 17.8 Å².